The van der Waals surface area contributed by atoms with E-state index < -0.39 is 0 Å². The SMILES string of the molecule is CSc1nc2ccc(NCc3nc[nH]c3C)cc2s1. The average molecular weight is 290 g/mol. The molecule has 2 N–H and O–H groups in total. The van der Waals surface area contributed by atoms with Gasteiger partial charge in [0.25, 0.3) is 0 Å². The number of hydrogen-bond donors (Lipinski definition) is 2. The van der Waals surface area contributed by atoms with E-state index in [1.54, 1.807) is 29.4 Å². The number of thiazole rings is 1. The van der Waals surface area contributed by atoms with Crippen LogP contribution in [0.15, 0.2) is 28.9 Å². The molecule has 0 aliphatic carbocycles. The van der Waals surface area contributed by atoms with Crippen LogP contribution in [0.4, 0.5) is 5.69 Å². The Balaban J connectivity index is 1.79. The first-order valence-corrected chi connectivity index (χ1v) is 7.97. The quantitative estimate of drug-likeness (QED) is 0.720. The summed E-state index contributed by atoms with van der Waals surface area (Å²) in [6, 6.07) is 6.27. The molecule has 6 heteroatoms. The molecule has 0 saturated carbocycles. The Hall–Kier alpha value is -1.53. The zero-order chi connectivity index (χ0) is 13.2. The normalized spacial score (nSPS) is 11.1. The second kappa shape index (κ2) is 5.22. The molecule has 0 bridgehead atoms. The Morgan fingerprint density at radius 1 is 1.42 bits per heavy atom. The summed E-state index contributed by atoms with van der Waals surface area (Å²) in [5.41, 5.74) is 4.33. The molecule has 19 heavy (non-hydrogen) atoms. The van der Waals surface area contributed by atoms with Crippen molar-refractivity contribution in [2.75, 3.05) is 11.6 Å². The Morgan fingerprint density at radius 2 is 2.32 bits per heavy atom. The van der Waals surface area contributed by atoms with E-state index in [9.17, 15) is 0 Å². The van der Waals surface area contributed by atoms with Gasteiger partial charge in [-0.15, -0.1) is 11.3 Å². The maximum Gasteiger partial charge on any atom is 0.150 e. The van der Waals surface area contributed by atoms with E-state index in [0.29, 0.717) is 0 Å². The first kappa shape index (κ1) is 12.5. The van der Waals surface area contributed by atoms with Gasteiger partial charge in [0.1, 0.15) is 0 Å². The van der Waals surface area contributed by atoms with Crippen LogP contribution in [-0.4, -0.2) is 21.2 Å². The van der Waals surface area contributed by atoms with Crippen LogP contribution in [0.5, 0.6) is 0 Å². The third-order valence-electron chi connectivity index (χ3n) is 2.94. The maximum absolute atomic E-state index is 4.53. The van der Waals surface area contributed by atoms with E-state index in [1.807, 2.05) is 6.92 Å². The lowest BCUT2D eigenvalue weighted by atomic mass is 10.3. The minimum Gasteiger partial charge on any atom is -0.379 e. The predicted molar refractivity (Wildman–Crippen MR) is 82.1 cm³/mol. The summed E-state index contributed by atoms with van der Waals surface area (Å²) < 4.78 is 2.32. The molecular formula is C13H14N4S2. The predicted octanol–water partition coefficient (Wildman–Crippen LogP) is 3.66. The number of aryl methyl sites for hydroxylation is 1. The molecule has 0 aliphatic rings. The number of H-pyrrole nitrogens is 1. The Morgan fingerprint density at radius 3 is 3.05 bits per heavy atom. The van der Waals surface area contributed by atoms with E-state index in [4.69, 9.17) is 0 Å². The van der Waals surface area contributed by atoms with Crippen molar-refractivity contribution < 1.29 is 0 Å². The van der Waals surface area contributed by atoms with Crippen LogP contribution in [-0.2, 0) is 6.54 Å². The lowest BCUT2D eigenvalue weighted by Gasteiger charge is -2.04. The van der Waals surface area contributed by atoms with Crippen molar-refractivity contribution >= 4 is 39.0 Å². The highest BCUT2D eigenvalue weighted by Crippen LogP contribution is 2.30. The number of benzene rings is 1. The highest BCUT2D eigenvalue weighted by atomic mass is 32.2. The van der Waals surface area contributed by atoms with Crippen molar-refractivity contribution in [1.29, 1.82) is 0 Å². The fourth-order valence-corrected chi connectivity index (χ4v) is 3.38. The lowest BCUT2D eigenvalue weighted by molar-refractivity contribution is 1.05. The zero-order valence-electron chi connectivity index (χ0n) is 10.7. The standard InChI is InChI=1S/C13H14N4S2/c1-8-11(16-7-15-8)6-14-9-3-4-10-12(5-9)19-13(17-10)18-2/h3-5,7,14H,6H2,1-2H3,(H,15,16). The van der Waals surface area contributed by atoms with Gasteiger partial charge >= 0.3 is 0 Å². The van der Waals surface area contributed by atoms with Gasteiger partial charge in [-0.3, -0.25) is 0 Å². The zero-order valence-corrected chi connectivity index (χ0v) is 12.4. The third-order valence-corrected chi connectivity index (χ3v) is 4.94. The fourth-order valence-electron chi connectivity index (χ4n) is 1.85. The second-order valence-corrected chi connectivity index (χ2v) is 6.28. The topological polar surface area (TPSA) is 53.6 Å². The Labute approximate surface area is 119 Å². The highest BCUT2D eigenvalue weighted by Gasteiger charge is 2.05. The van der Waals surface area contributed by atoms with Gasteiger partial charge in [-0.1, -0.05) is 11.8 Å². The van der Waals surface area contributed by atoms with Crippen molar-refractivity contribution in [3.05, 3.63) is 35.9 Å². The summed E-state index contributed by atoms with van der Waals surface area (Å²) in [6.45, 7) is 2.76. The number of hydrogen-bond acceptors (Lipinski definition) is 5. The molecule has 4 nitrogen and oxygen atoms in total. The van der Waals surface area contributed by atoms with Gasteiger partial charge in [0.15, 0.2) is 4.34 Å². The van der Waals surface area contributed by atoms with Crippen molar-refractivity contribution in [3.8, 4) is 0 Å². The summed E-state index contributed by atoms with van der Waals surface area (Å²) >= 11 is 3.41. The van der Waals surface area contributed by atoms with Crippen LogP contribution in [0.3, 0.4) is 0 Å². The number of aromatic nitrogens is 3. The molecule has 0 radical (unpaired) electrons. The number of anilines is 1. The Kier molecular flexibility index (Phi) is 3.44. The van der Waals surface area contributed by atoms with Gasteiger partial charge in [-0.25, -0.2) is 9.97 Å². The fraction of sp³-hybridized carbons (Fsp3) is 0.231. The van der Waals surface area contributed by atoms with E-state index >= 15 is 0 Å². The van der Waals surface area contributed by atoms with Crippen molar-refractivity contribution in [3.63, 3.8) is 0 Å². The van der Waals surface area contributed by atoms with Crippen LogP contribution >= 0.6 is 23.1 Å². The number of fused-ring (bicyclic) bond motifs is 1. The van der Waals surface area contributed by atoms with Crippen LogP contribution in [0, 0.1) is 6.92 Å². The average Bonchev–Trinajstić information content (AvgIpc) is 3.01. The third kappa shape index (κ3) is 2.59. The van der Waals surface area contributed by atoms with Gasteiger partial charge < -0.3 is 10.3 Å². The van der Waals surface area contributed by atoms with Gasteiger partial charge in [-0.05, 0) is 31.4 Å². The van der Waals surface area contributed by atoms with Crippen molar-refractivity contribution in [2.45, 2.75) is 17.8 Å². The molecule has 0 atom stereocenters. The minimum absolute atomic E-state index is 0.731. The van der Waals surface area contributed by atoms with Gasteiger partial charge in [-0.2, -0.15) is 0 Å². The summed E-state index contributed by atoms with van der Waals surface area (Å²) in [6.07, 6.45) is 3.78. The van der Waals surface area contributed by atoms with Gasteiger partial charge in [0, 0.05) is 11.4 Å². The van der Waals surface area contributed by atoms with Crippen LogP contribution in [0.2, 0.25) is 0 Å². The molecule has 0 saturated heterocycles. The summed E-state index contributed by atoms with van der Waals surface area (Å²) in [7, 11) is 0. The van der Waals surface area contributed by atoms with Gasteiger partial charge in [0.05, 0.1) is 28.8 Å². The summed E-state index contributed by atoms with van der Waals surface area (Å²) in [5.74, 6) is 0. The monoisotopic (exact) mass is 290 g/mol. The first-order chi connectivity index (χ1) is 9.26. The van der Waals surface area contributed by atoms with E-state index in [0.717, 1.165) is 33.5 Å². The van der Waals surface area contributed by atoms with Crippen molar-refractivity contribution in [2.24, 2.45) is 0 Å². The van der Waals surface area contributed by atoms with Gasteiger partial charge in [0.2, 0.25) is 0 Å². The van der Waals surface area contributed by atoms with Crippen LogP contribution < -0.4 is 5.32 Å². The van der Waals surface area contributed by atoms with Crippen LogP contribution in [0.1, 0.15) is 11.4 Å². The first-order valence-electron chi connectivity index (χ1n) is 5.93. The number of thioether (sulfide) groups is 1. The Bertz CT molecular complexity index is 702. The molecule has 0 amide bonds. The largest absolute Gasteiger partial charge is 0.379 e. The number of imidazole rings is 1. The maximum atomic E-state index is 4.53. The summed E-state index contributed by atoms with van der Waals surface area (Å²) in [5, 5.41) is 3.40. The van der Waals surface area contributed by atoms with E-state index in [2.05, 4.69) is 44.7 Å². The molecule has 1 aromatic carbocycles. The molecule has 0 unspecified atom stereocenters. The molecule has 2 heterocycles. The molecule has 3 rings (SSSR count). The smallest absolute Gasteiger partial charge is 0.150 e. The molecule has 0 aliphatic heterocycles. The summed E-state index contributed by atoms with van der Waals surface area (Å²) in [4.78, 5) is 11.9. The molecule has 98 valence electrons. The lowest BCUT2D eigenvalue weighted by Crippen LogP contribution is -2.00. The molecule has 0 spiro atoms. The van der Waals surface area contributed by atoms with Crippen molar-refractivity contribution in [1.82, 2.24) is 15.0 Å². The highest BCUT2D eigenvalue weighted by molar-refractivity contribution is 8.00. The second-order valence-electron chi connectivity index (χ2n) is 4.19. The molecule has 3 aromatic rings. The van der Waals surface area contributed by atoms with Crippen LogP contribution in [0.25, 0.3) is 10.2 Å². The van der Waals surface area contributed by atoms with E-state index in [1.165, 1.54) is 4.70 Å². The minimum atomic E-state index is 0.731. The number of rotatable bonds is 4. The number of nitrogens with one attached hydrogen (secondary N) is 2. The van der Waals surface area contributed by atoms with E-state index in [-0.39, 0.29) is 0 Å². The molecule has 2 aromatic heterocycles. The number of aromatic amines is 1. The molecule has 0 fully saturated rings. The number of nitrogens with zero attached hydrogens (tertiary/aromatic N) is 2. The molecular weight excluding hydrogens is 276 g/mol.